The minimum Gasteiger partial charge on any atom is -0.383 e. The lowest BCUT2D eigenvalue weighted by Gasteiger charge is -2.27. The van der Waals surface area contributed by atoms with Gasteiger partial charge in [0.05, 0.1) is 6.61 Å². The summed E-state index contributed by atoms with van der Waals surface area (Å²) in [5.41, 5.74) is 6.15. The fourth-order valence-corrected chi connectivity index (χ4v) is 1.06. The number of nitrogens with one attached hydrogen (secondary N) is 1. The highest BCUT2D eigenvalue weighted by atomic mass is 16.5. The van der Waals surface area contributed by atoms with E-state index >= 15 is 0 Å². The van der Waals surface area contributed by atoms with Crippen molar-refractivity contribution >= 4 is 0 Å². The van der Waals surface area contributed by atoms with Crippen molar-refractivity contribution in [1.82, 2.24) is 5.32 Å². The highest BCUT2D eigenvalue weighted by molar-refractivity contribution is 4.73. The van der Waals surface area contributed by atoms with Crippen LogP contribution in [0.4, 0.5) is 0 Å². The van der Waals surface area contributed by atoms with Crippen molar-refractivity contribution in [2.45, 2.75) is 33.7 Å². The Morgan fingerprint density at radius 3 is 2.29 bits per heavy atom. The van der Waals surface area contributed by atoms with Gasteiger partial charge in [-0.3, -0.25) is 0 Å². The van der Waals surface area contributed by atoms with E-state index in [1.54, 1.807) is 7.11 Å². The SMILES string of the molecule is COCC(N)CNCC(C)C(C)(C)C. The third kappa shape index (κ3) is 6.35. The number of hydrogen-bond acceptors (Lipinski definition) is 3. The molecule has 0 aromatic rings. The Hall–Kier alpha value is -0.120. The summed E-state index contributed by atoms with van der Waals surface area (Å²) in [4.78, 5) is 0. The van der Waals surface area contributed by atoms with Crippen LogP contribution in [-0.4, -0.2) is 32.8 Å². The molecule has 0 radical (unpaired) electrons. The van der Waals surface area contributed by atoms with E-state index in [1.807, 2.05) is 0 Å². The van der Waals surface area contributed by atoms with E-state index in [9.17, 15) is 0 Å². The summed E-state index contributed by atoms with van der Waals surface area (Å²) in [6, 6.07) is 0.104. The minimum atomic E-state index is 0.104. The highest BCUT2D eigenvalue weighted by Crippen LogP contribution is 2.24. The standard InChI is InChI=1S/C11H26N2O/c1-9(11(2,3)4)6-13-7-10(12)8-14-5/h9-10,13H,6-8,12H2,1-5H3. The van der Waals surface area contributed by atoms with Gasteiger partial charge in [0, 0.05) is 19.7 Å². The third-order valence-corrected chi connectivity index (χ3v) is 2.72. The molecule has 0 amide bonds. The average Bonchev–Trinajstić information content (AvgIpc) is 2.02. The summed E-state index contributed by atoms with van der Waals surface area (Å²) in [6.07, 6.45) is 0. The van der Waals surface area contributed by atoms with Crippen LogP contribution in [0.2, 0.25) is 0 Å². The lowest BCUT2D eigenvalue weighted by molar-refractivity contribution is 0.176. The maximum Gasteiger partial charge on any atom is 0.0626 e. The Balaban J connectivity index is 3.54. The van der Waals surface area contributed by atoms with Crippen LogP contribution in [0.5, 0.6) is 0 Å². The van der Waals surface area contributed by atoms with Crippen LogP contribution in [0.25, 0.3) is 0 Å². The van der Waals surface area contributed by atoms with E-state index in [2.05, 4.69) is 33.0 Å². The molecular weight excluding hydrogens is 176 g/mol. The van der Waals surface area contributed by atoms with Crippen LogP contribution in [0.3, 0.4) is 0 Å². The number of nitrogens with two attached hydrogens (primary N) is 1. The first-order chi connectivity index (χ1) is 6.38. The van der Waals surface area contributed by atoms with Gasteiger partial charge >= 0.3 is 0 Å². The van der Waals surface area contributed by atoms with Gasteiger partial charge < -0.3 is 15.8 Å². The first-order valence-corrected chi connectivity index (χ1v) is 5.33. The Morgan fingerprint density at radius 2 is 1.86 bits per heavy atom. The van der Waals surface area contributed by atoms with Gasteiger partial charge in [-0.25, -0.2) is 0 Å². The number of rotatable bonds is 6. The lowest BCUT2D eigenvalue weighted by atomic mass is 9.82. The van der Waals surface area contributed by atoms with Crippen molar-refractivity contribution < 1.29 is 4.74 Å². The van der Waals surface area contributed by atoms with Crippen LogP contribution in [0, 0.1) is 11.3 Å². The van der Waals surface area contributed by atoms with Gasteiger partial charge in [-0.1, -0.05) is 27.7 Å². The van der Waals surface area contributed by atoms with Gasteiger partial charge in [-0.05, 0) is 17.9 Å². The minimum absolute atomic E-state index is 0.104. The molecule has 0 saturated carbocycles. The van der Waals surface area contributed by atoms with Gasteiger partial charge in [0.1, 0.15) is 0 Å². The van der Waals surface area contributed by atoms with E-state index in [-0.39, 0.29) is 6.04 Å². The maximum atomic E-state index is 5.79. The molecule has 0 aromatic carbocycles. The van der Waals surface area contributed by atoms with Gasteiger partial charge in [0.2, 0.25) is 0 Å². The van der Waals surface area contributed by atoms with Crippen molar-refractivity contribution in [3.8, 4) is 0 Å². The smallest absolute Gasteiger partial charge is 0.0626 e. The molecule has 0 bridgehead atoms. The largest absolute Gasteiger partial charge is 0.383 e. The van der Waals surface area contributed by atoms with Gasteiger partial charge in [-0.2, -0.15) is 0 Å². The van der Waals surface area contributed by atoms with Crippen LogP contribution in [-0.2, 0) is 4.74 Å². The quantitative estimate of drug-likeness (QED) is 0.681. The van der Waals surface area contributed by atoms with Crippen LogP contribution >= 0.6 is 0 Å². The molecule has 0 saturated heterocycles. The molecule has 2 atom stereocenters. The van der Waals surface area contributed by atoms with E-state index < -0.39 is 0 Å². The molecule has 0 heterocycles. The molecule has 0 aromatic heterocycles. The van der Waals surface area contributed by atoms with Crippen LogP contribution in [0.1, 0.15) is 27.7 Å². The average molecular weight is 202 g/mol. The van der Waals surface area contributed by atoms with Gasteiger partial charge in [0.15, 0.2) is 0 Å². The number of hydrogen-bond donors (Lipinski definition) is 2. The molecular formula is C11H26N2O. The van der Waals surface area contributed by atoms with Gasteiger partial charge in [0.25, 0.3) is 0 Å². The summed E-state index contributed by atoms with van der Waals surface area (Å²) in [5, 5.41) is 3.37. The van der Waals surface area contributed by atoms with Crippen molar-refractivity contribution in [3.05, 3.63) is 0 Å². The fourth-order valence-electron chi connectivity index (χ4n) is 1.06. The number of ether oxygens (including phenoxy) is 1. The summed E-state index contributed by atoms with van der Waals surface area (Å²) in [6.45, 7) is 11.5. The topological polar surface area (TPSA) is 47.3 Å². The molecule has 86 valence electrons. The first kappa shape index (κ1) is 13.9. The molecule has 0 spiro atoms. The Labute approximate surface area is 88.4 Å². The monoisotopic (exact) mass is 202 g/mol. The van der Waals surface area contributed by atoms with Crippen LogP contribution < -0.4 is 11.1 Å². The first-order valence-electron chi connectivity index (χ1n) is 5.33. The van der Waals surface area contributed by atoms with E-state index in [1.165, 1.54) is 0 Å². The fraction of sp³-hybridized carbons (Fsp3) is 1.00. The normalized spacial score (nSPS) is 16.7. The van der Waals surface area contributed by atoms with Crippen molar-refractivity contribution in [2.75, 3.05) is 26.8 Å². The molecule has 0 aliphatic rings. The zero-order valence-electron chi connectivity index (χ0n) is 10.3. The highest BCUT2D eigenvalue weighted by Gasteiger charge is 2.19. The van der Waals surface area contributed by atoms with Gasteiger partial charge in [-0.15, -0.1) is 0 Å². The molecule has 3 nitrogen and oxygen atoms in total. The Bertz CT molecular complexity index is 143. The molecule has 0 aliphatic carbocycles. The Kier molecular flexibility index (Phi) is 6.33. The predicted octanol–water partition coefficient (Wildman–Crippen LogP) is 1.23. The van der Waals surface area contributed by atoms with E-state index in [0.29, 0.717) is 17.9 Å². The zero-order chi connectivity index (χ0) is 11.2. The third-order valence-electron chi connectivity index (χ3n) is 2.72. The second-order valence-electron chi connectivity index (χ2n) is 5.14. The van der Waals surface area contributed by atoms with E-state index in [4.69, 9.17) is 10.5 Å². The maximum absolute atomic E-state index is 5.79. The molecule has 3 N–H and O–H groups in total. The predicted molar refractivity (Wildman–Crippen MR) is 61.3 cm³/mol. The molecule has 14 heavy (non-hydrogen) atoms. The summed E-state index contributed by atoms with van der Waals surface area (Å²) in [5.74, 6) is 0.650. The summed E-state index contributed by atoms with van der Waals surface area (Å²) < 4.78 is 4.96. The van der Waals surface area contributed by atoms with Crippen molar-refractivity contribution in [2.24, 2.45) is 17.1 Å². The molecule has 0 aliphatic heterocycles. The Morgan fingerprint density at radius 1 is 1.29 bits per heavy atom. The molecule has 3 heteroatoms. The molecule has 0 rings (SSSR count). The number of methoxy groups -OCH3 is 1. The summed E-state index contributed by atoms with van der Waals surface area (Å²) >= 11 is 0. The lowest BCUT2D eigenvalue weighted by Crippen LogP contribution is -2.40. The second kappa shape index (κ2) is 6.38. The second-order valence-corrected chi connectivity index (χ2v) is 5.14. The summed E-state index contributed by atoms with van der Waals surface area (Å²) in [7, 11) is 1.68. The van der Waals surface area contributed by atoms with E-state index in [0.717, 1.165) is 13.1 Å². The zero-order valence-corrected chi connectivity index (χ0v) is 10.3. The van der Waals surface area contributed by atoms with Crippen LogP contribution in [0.15, 0.2) is 0 Å². The molecule has 0 fully saturated rings. The van der Waals surface area contributed by atoms with Crippen molar-refractivity contribution in [1.29, 1.82) is 0 Å². The van der Waals surface area contributed by atoms with Crippen molar-refractivity contribution in [3.63, 3.8) is 0 Å². The molecule has 2 unspecified atom stereocenters.